The smallest absolute Gasteiger partial charge is 0.0726 e. The van der Waals surface area contributed by atoms with Crippen LogP contribution in [0.3, 0.4) is 0 Å². The maximum atomic E-state index is 6.25. The predicted octanol–water partition coefficient (Wildman–Crippen LogP) is 20.3. The van der Waals surface area contributed by atoms with E-state index in [-0.39, 0.29) is 5.25 Å². The Balaban J connectivity index is 0.962. The van der Waals surface area contributed by atoms with Gasteiger partial charge in [-0.2, -0.15) is 0 Å². The highest BCUT2D eigenvalue weighted by Crippen LogP contribution is 2.68. The van der Waals surface area contributed by atoms with Crippen molar-refractivity contribution in [3.05, 3.63) is 275 Å². The van der Waals surface area contributed by atoms with Gasteiger partial charge in [0.1, 0.15) is 0 Å². The van der Waals surface area contributed by atoms with E-state index in [0.29, 0.717) is 5.25 Å². The van der Waals surface area contributed by atoms with Crippen molar-refractivity contribution >= 4 is 74.8 Å². The first-order valence-electron chi connectivity index (χ1n) is 27.9. The Kier molecular flexibility index (Phi) is 10.9. The Hall–Kier alpha value is -8.02. The van der Waals surface area contributed by atoms with Gasteiger partial charge in [-0.25, -0.2) is 10.0 Å². The highest BCUT2D eigenvalue weighted by Gasteiger charge is 2.52. The Labute approximate surface area is 463 Å². The van der Waals surface area contributed by atoms with Crippen molar-refractivity contribution in [2.45, 2.75) is 62.2 Å². The fraction of sp³-hybridized carbons (Fsp3) is 0.149. The van der Waals surface area contributed by atoms with Crippen LogP contribution in [0.4, 0.5) is 0 Å². The van der Waals surface area contributed by atoms with Crippen molar-refractivity contribution in [1.29, 1.82) is 0 Å². The molecule has 0 saturated carbocycles. The second-order valence-electron chi connectivity index (χ2n) is 22.1. The molecule has 0 saturated heterocycles. The molecule has 3 atom stereocenters. The van der Waals surface area contributed by atoms with Gasteiger partial charge >= 0.3 is 0 Å². The van der Waals surface area contributed by atoms with E-state index in [2.05, 4.69) is 263 Å². The van der Waals surface area contributed by atoms with E-state index in [1.807, 2.05) is 11.3 Å². The quantitative estimate of drug-likeness (QED) is 0.135. The van der Waals surface area contributed by atoms with Crippen molar-refractivity contribution in [2.24, 2.45) is 4.99 Å². The third-order valence-corrected chi connectivity index (χ3v) is 24.1. The van der Waals surface area contributed by atoms with Crippen LogP contribution in [0.5, 0.6) is 0 Å². The molecule has 4 heteroatoms. The van der Waals surface area contributed by atoms with Crippen LogP contribution in [-0.2, 0) is 11.2 Å². The minimum atomic E-state index is -1.48. The second kappa shape index (κ2) is 18.0. The monoisotopic (exact) mass is 1040 g/mol. The summed E-state index contributed by atoms with van der Waals surface area (Å²) in [6.45, 7) is 9.56. The van der Waals surface area contributed by atoms with Gasteiger partial charge in [-0.3, -0.25) is 4.99 Å². The van der Waals surface area contributed by atoms with Crippen LogP contribution in [0.15, 0.2) is 235 Å². The van der Waals surface area contributed by atoms with E-state index < -0.39 is 15.4 Å². The topological polar surface area (TPSA) is 17.3 Å². The number of hydrogen-bond acceptors (Lipinski definition) is 2. The molecule has 2 aliphatic carbocycles. The maximum Gasteiger partial charge on any atom is 0.0726 e. The molecule has 378 valence electrons. The lowest BCUT2D eigenvalue weighted by molar-refractivity contribution is 0.794. The van der Waals surface area contributed by atoms with Crippen molar-refractivity contribution in [3.8, 4) is 39.1 Å². The van der Waals surface area contributed by atoms with Gasteiger partial charge in [-0.05, 0) is 129 Å². The number of hydrogen-bond donors (Lipinski definition) is 0. The molecule has 10 aromatic carbocycles. The fourth-order valence-corrected chi connectivity index (χ4v) is 19.8. The van der Waals surface area contributed by atoms with E-state index in [1.54, 1.807) is 0 Å². The molecule has 15 rings (SSSR count). The predicted molar refractivity (Wildman–Crippen MR) is 337 cm³/mol. The van der Waals surface area contributed by atoms with Crippen molar-refractivity contribution < 1.29 is 0 Å². The molecule has 3 unspecified atom stereocenters. The molecule has 0 radical (unpaired) electrons. The first kappa shape index (κ1) is 47.2. The molecule has 2 nitrogen and oxygen atoms in total. The van der Waals surface area contributed by atoms with Gasteiger partial charge in [0.15, 0.2) is 0 Å². The average Bonchev–Trinajstić information content (AvgIpc) is 2.75. The second-order valence-corrected chi connectivity index (χ2v) is 27.2. The Morgan fingerprint density at radius 2 is 1.18 bits per heavy atom. The standard InChI is InChI=1S/C74H60N2S2/c1-6-46(3)71(75-72(49-39-40-59-58-32-16-21-38-67(58)77-68(59)44-49)69(7-2)78(5)45-50-23-8-9-27-53(50)54-28-11-10-26-52(54)47(78)4)48-24-22-25-51(43-48)76-66-37-20-15-31-57(66)60-41-42-65-70(73(60)76)61-33-14-19-36-64(61)74(65)62-34-17-12-29-55(62)56-30-13-18-35-63(56)74/h8-44,47,69H,6-7,45H2,1-5H3/b71-46-,75-72?. The van der Waals surface area contributed by atoms with Crippen LogP contribution in [0.1, 0.15) is 90.3 Å². The number of rotatable bonds is 8. The van der Waals surface area contributed by atoms with E-state index in [9.17, 15) is 0 Å². The first-order chi connectivity index (χ1) is 38.3. The SMILES string of the molecule is CC/C(C)=C(\N=C(c1ccc2c(c1)sc1ccccc12)C(CC)S1(C)Cc2ccccc2-c2ccccc2C1C)c1cccc(-n2c3ccccc3c3ccc4c(c32)-c2ccccc2C42c3ccccc3-c3ccccc32)c1. The number of allylic oxidation sites excluding steroid dienone is 1. The highest BCUT2D eigenvalue weighted by molar-refractivity contribution is 8.33. The molecule has 2 aromatic heterocycles. The van der Waals surface area contributed by atoms with E-state index in [4.69, 9.17) is 4.99 Å². The van der Waals surface area contributed by atoms with Crippen LogP contribution < -0.4 is 0 Å². The third-order valence-electron chi connectivity index (χ3n) is 18.3. The van der Waals surface area contributed by atoms with Crippen molar-refractivity contribution in [3.63, 3.8) is 0 Å². The maximum absolute atomic E-state index is 6.25. The normalized spacial score (nSPS) is 18.4. The number of para-hydroxylation sites is 1. The lowest BCUT2D eigenvalue weighted by Crippen LogP contribution is -2.31. The van der Waals surface area contributed by atoms with Crippen molar-refractivity contribution in [1.82, 2.24) is 4.57 Å². The zero-order valence-corrected chi connectivity index (χ0v) is 46.5. The molecular weight excluding hydrogens is 981 g/mol. The fourth-order valence-electron chi connectivity index (χ4n) is 14.5. The summed E-state index contributed by atoms with van der Waals surface area (Å²) in [7, 11) is -1.48. The Morgan fingerprint density at radius 1 is 0.564 bits per heavy atom. The number of fused-ring (bicyclic) bond motifs is 20. The van der Waals surface area contributed by atoms with Gasteiger partial charge in [0, 0.05) is 64.0 Å². The molecule has 1 spiro atoms. The molecule has 1 aliphatic heterocycles. The average molecular weight is 1040 g/mol. The zero-order valence-electron chi connectivity index (χ0n) is 44.8. The number of aromatic nitrogens is 1. The summed E-state index contributed by atoms with van der Waals surface area (Å²) in [5.41, 5.74) is 25.4. The summed E-state index contributed by atoms with van der Waals surface area (Å²) in [4.78, 5) is 6.25. The molecule has 3 heterocycles. The summed E-state index contributed by atoms with van der Waals surface area (Å²) in [5, 5.41) is 5.69. The Morgan fingerprint density at radius 3 is 1.94 bits per heavy atom. The summed E-state index contributed by atoms with van der Waals surface area (Å²) >= 11 is 1.90. The Bertz CT molecular complexity index is 4480. The summed E-state index contributed by atoms with van der Waals surface area (Å²) < 4.78 is 5.22. The lowest BCUT2D eigenvalue weighted by atomic mass is 9.70. The molecule has 78 heavy (non-hydrogen) atoms. The molecule has 0 amide bonds. The van der Waals surface area contributed by atoms with Gasteiger partial charge in [0.25, 0.3) is 0 Å². The van der Waals surface area contributed by atoms with Crippen LogP contribution in [0.25, 0.3) is 86.7 Å². The summed E-state index contributed by atoms with van der Waals surface area (Å²) in [6, 6.07) is 85.4. The van der Waals surface area contributed by atoms with Crippen molar-refractivity contribution in [2.75, 3.05) is 6.26 Å². The molecule has 0 N–H and O–H groups in total. The molecule has 0 bridgehead atoms. The van der Waals surface area contributed by atoms with E-state index in [0.717, 1.165) is 35.5 Å². The first-order valence-corrected chi connectivity index (χ1v) is 31.0. The largest absolute Gasteiger partial charge is 0.309 e. The minimum absolute atomic E-state index is 0.194. The van der Waals surface area contributed by atoms with Gasteiger partial charge < -0.3 is 4.57 Å². The number of nitrogens with zero attached hydrogens (tertiary/aromatic N) is 2. The van der Waals surface area contributed by atoms with Gasteiger partial charge in [0.2, 0.25) is 0 Å². The van der Waals surface area contributed by atoms with Crippen LogP contribution in [-0.4, -0.2) is 21.8 Å². The summed E-state index contributed by atoms with van der Waals surface area (Å²) in [5.74, 6) is 1.03. The highest BCUT2D eigenvalue weighted by atomic mass is 32.3. The number of benzene rings is 10. The van der Waals surface area contributed by atoms with Gasteiger partial charge in [0.05, 0.1) is 27.9 Å². The van der Waals surface area contributed by atoms with Crippen LogP contribution >= 0.6 is 21.4 Å². The molecule has 0 fully saturated rings. The molecule has 3 aliphatic rings. The van der Waals surface area contributed by atoms with Gasteiger partial charge in [-0.1, -0.05) is 215 Å². The number of aliphatic imine (C=N–C) groups is 1. The van der Waals surface area contributed by atoms with E-state index in [1.165, 1.54) is 126 Å². The summed E-state index contributed by atoms with van der Waals surface area (Å²) in [6.07, 6.45) is 4.52. The third kappa shape index (κ3) is 6.66. The van der Waals surface area contributed by atoms with Gasteiger partial charge in [-0.15, -0.1) is 11.3 Å². The lowest BCUT2D eigenvalue weighted by Gasteiger charge is -2.48. The zero-order chi connectivity index (χ0) is 52.4. The van der Waals surface area contributed by atoms with Crippen LogP contribution in [0, 0.1) is 0 Å². The molecular formula is C74H60N2S2. The molecule has 12 aromatic rings. The minimum Gasteiger partial charge on any atom is -0.309 e. The van der Waals surface area contributed by atoms with Crippen LogP contribution in [0.2, 0.25) is 0 Å². The number of thiophene rings is 1. The van der Waals surface area contributed by atoms with E-state index >= 15 is 0 Å².